The molecule has 0 bridgehead atoms. The first-order valence-corrected chi connectivity index (χ1v) is 7.43. The van der Waals surface area contributed by atoms with Crippen molar-refractivity contribution in [3.63, 3.8) is 0 Å². The molecular weight excluding hydrogens is 296 g/mol. The van der Waals surface area contributed by atoms with E-state index in [1.165, 1.54) is 11.3 Å². The summed E-state index contributed by atoms with van der Waals surface area (Å²) in [6.45, 7) is 3.40. The number of aromatic nitrogens is 3. The topological polar surface area (TPSA) is 66.0 Å². The van der Waals surface area contributed by atoms with Crippen LogP contribution in [0.1, 0.15) is 11.8 Å². The lowest BCUT2D eigenvalue weighted by atomic mass is 10.5. The van der Waals surface area contributed by atoms with Crippen molar-refractivity contribution in [1.29, 1.82) is 0 Å². The number of rotatable bonds is 6. The second kappa shape index (κ2) is 6.71. The van der Waals surface area contributed by atoms with Gasteiger partial charge in [0, 0.05) is 25.5 Å². The van der Waals surface area contributed by atoms with Crippen molar-refractivity contribution in [2.75, 3.05) is 36.2 Å². The molecule has 0 saturated carbocycles. The number of halogens is 1. The highest BCUT2D eigenvalue weighted by atomic mass is 35.5. The Balaban J connectivity index is 2.13. The Morgan fingerprint density at radius 1 is 1.15 bits per heavy atom. The van der Waals surface area contributed by atoms with E-state index in [9.17, 15) is 0 Å². The monoisotopic (exact) mass is 312 g/mol. The van der Waals surface area contributed by atoms with Crippen molar-refractivity contribution in [3.8, 4) is 0 Å². The van der Waals surface area contributed by atoms with Crippen LogP contribution in [0.5, 0.6) is 0 Å². The highest BCUT2D eigenvalue weighted by Gasteiger charge is 2.08. The maximum Gasteiger partial charge on any atom is 0.231 e. The van der Waals surface area contributed by atoms with Crippen molar-refractivity contribution < 1.29 is 0 Å². The van der Waals surface area contributed by atoms with Crippen LogP contribution in [0, 0.1) is 0 Å². The number of thiophene rings is 1. The van der Waals surface area contributed by atoms with E-state index in [0.29, 0.717) is 24.4 Å². The molecule has 0 amide bonds. The first-order valence-electron chi connectivity index (χ1n) is 6.24. The highest BCUT2D eigenvalue weighted by Crippen LogP contribution is 2.22. The summed E-state index contributed by atoms with van der Waals surface area (Å²) in [4.78, 5) is 16.0. The molecule has 0 atom stereocenters. The Labute approximate surface area is 127 Å². The molecule has 2 heterocycles. The maximum atomic E-state index is 5.91. The number of nitrogens with zero attached hydrogens (tertiary/aromatic N) is 4. The zero-order valence-electron chi connectivity index (χ0n) is 11.6. The third-order valence-electron chi connectivity index (χ3n) is 2.41. The van der Waals surface area contributed by atoms with Crippen LogP contribution < -0.4 is 15.5 Å². The molecule has 8 heteroatoms. The average Bonchev–Trinajstić information content (AvgIpc) is 2.82. The summed E-state index contributed by atoms with van der Waals surface area (Å²) >= 11 is 7.45. The summed E-state index contributed by atoms with van der Waals surface area (Å²) in [5.41, 5.74) is 0. The molecule has 0 spiro atoms. The summed E-state index contributed by atoms with van der Waals surface area (Å²) in [6, 6.07) is 3.87. The van der Waals surface area contributed by atoms with Crippen LogP contribution in [0.2, 0.25) is 4.34 Å². The molecule has 2 N–H and O–H groups in total. The van der Waals surface area contributed by atoms with E-state index in [1.807, 2.05) is 38.1 Å². The summed E-state index contributed by atoms with van der Waals surface area (Å²) < 4.78 is 0.778. The second-order valence-corrected chi connectivity index (χ2v) is 6.07. The first kappa shape index (κ1) is 14.8. The predicted octanol–water partition coefficient (Wildman–Crippen LogP) is 2.70. The molecule has 20 heavy (non-hydrogen) atoms. The minimum Gasteiger partial charge on any atom is -0.354 e. The molecule has 108 valence electrons. The average molecular weight is 313 g/mol. The molecule has 0 aliphatic heterocycles. The van der Waals surface area contributed by atoms with Gasteiger partial charge in [-0.05, 0) is 19.1 Å². The van der Waals surface area contributed by atoms with Gasteiger partial charge in [0.15, 0.2) is 0 Å². The summed E-state index contributed by atoms with van der Waals surface area (Å²) in [5.74, 6) is 1.73. The van der Waals surface area contributed by atoms with Crippen LogP contribution in [-0.4, -0.2) is 35.6 Å². The lowest BCUT2D eigenvalue weighted by Gasteiger charge is -2.13. The molecule has 0 aliphatic rings. The minimum absolute atomic E-state index is 0.546. The van der Waals surface area contributed by atoms with Crippen molar-refractivity contribution in [3.05, 3.63) is 21.3 Å². The molecule has 0 aliphatic carbocycles. The summed E-state index contributed by atoms with van der Waals surface area (Å²) in [7, 11) is 3.79. The predicted molar refractivity (Wildman–Crippen MR) is 85.0 cm³/mol. The minimum atomic E-state index is 0.546. The lowest BCUT2D eigenvalue weighted by molar-refractivity contribution is 0.938. The Bertz CT molecular complexity index is 571. The maximum absolute atomic E-state index is 5.91. The molecule has 0 radical (unpaired) electrons. The molecular formula is C12H17ClN6S. The third kappa shape index (κ3) is 3.94. The van der Waals surface area contributed by atoms with Gasteiger partial charge in [0.2, 0.25) is 17.8 Å². The molecule has 0 aromatic carbocycles. The molecule has 0 fully saturated rings. The van der Waals surface area contributed by atoms with Gasteiger partial charge in [0.25, 0.3) is 0 Å². The van der Waals surface area contributed by atoms with Gasteiger partial charge in [-0.25, -0.2) is 0 Å². The van der Waals surface area contributed by atoms with E-state index in [0.717, 1.165) is 15.8 Å². The van der Waals surface area contributed by atoms with E-state index in [2.05, 4.69) is 25.6 Å². The lowest BCUT2D eigenvalue weighted by Crippen LogP contribution is -2.17. The fourth-order valence-electron chi connectivity index (χ4n) is 1.49. The summed E-state index contributed by atoms with van der Waals surface area (Å²) in [5, 5.41) is 6.29. The van der Waals surface area contributed by atoms with E-state index in [1.54, 1.807) is 0 Å². The van der Waals surface area contributed by atoms with Gasteiger partial charge in [0.1, 0.15) is 0 Å². The number of anilines is 3. The summed E-state index contributed by atoms with van der Waals surface area (Å²) in [6.07, 6.45) is 0. The van der Waals surface area contributed by atoms with Crippen molar-refractivity contribution >= 4 is 40.8 Å². The molecule has 0 saturated heterocycles. The highest BCUT2D eigenvalue weighted by molar-refractivity contribution is 7.16. The Morgan fingerprint density at radius 2 is 1.85 bits per heavy atom. The van der Waals surface area contributed by atoms with Crippen molar-refractivity contribution in [2.45, 2.75) is 13.5 Å². The van der Waals surface area contributed by atoms with Gasteiger partial charge < -0.3 is 15.5 Å². The standard InChI is InChI=1S/C12H17ClN6S/c1-4-14-10-16-11(18-12(17-10)19(2)3)15-7-8-5-6-9(13)20-8/h5-6H,4,7H2,1-3H3,(H2,14,15,16,17,18). The fourth-order valence-corrected chi connectivity index (χ4v) is 2.52. The van der Waals surface area contributed by atoms with Gasteiger partial charge in [-0.3, -0.25) is 0 Å². The molecule has 0 unspecified atom stereocenters. The Hall–Kier alpha value is -1.60. The van der Waals surface area contributed by atoms with E-state index in [-0.39, 0.29) is 0 Å². The van der Waals surface area contributed by atoms with E-state index in [4.69, 9.17) is 11.6 Å². The van der Waals surface area contributed by atoms with Gasteiger partial charge in [-0.2, -0.15) is 15.0 Å². The molecule has 2 aromatic heterocycles. The fraction of sp³-hybridized carbons (Fsp3) is 0.417. The number of hydrogen-bond donors (Lipinski definition) is 2. The van der Waals surface area contributed by atoms with Gasteiger partial charge >= 0.3 is 0 Å². The van der Waals surface area contributed by atoms with Gasteiger partial charge in [-0.15, -0.1) is 11.3 Å². The van der Waals surface area contributed by atoms with Crippen molar-refractivity contribution in [2.24, 2.45) is 0 Å². The van der Waals surface area contributed by atoms with Crippen molar-refractivity contribution in [1.82, 2.24) is 15.0 Å². The second-order valence-electron chi connectivity index (χ2n) is 4.27. The smallest absolute Gasteiger partial charge is 0.231 e. The van der Waals surface area contributed by atoms with Crippen LogP contribution in [0.15, 0.2) is 12.1 Å². The molecule has 2 aromatic rings. The number of hydrogen-bond acceptors (Lipinski definition) is 7. The van der Waals surface area contributed by atoms with E-state index >= 15 is 0 Å². The zero-order chi connectivity index (χ0) is 14.5. The van der Waals surface area contributed by atoms with Gasteiger partial charge in [-0.1, -0.05) is 11.6 Å². The largest absolute Gasteiger partial charge is 0.354 e. The Morgan fingerprint density at radius 3 is 2.40 bits per heavy atom. The van der Waals surface area contributed by atoms with Crippen LogP contribution in [0.25, 0.3) is 0 Å². The van der Waals surface area contributed by atoms with Crippen LogP contribution >= 0.6 is 22.9 Å². The van der Waals surface area contributed by atoms with E-state index < -0.39 is 0 Å². The third-order valence-corrected chi connectivity index (χ3v) is 3.64. The number of nitrogens with one attached hydrogen (secondary N) is 2. The SMILES string of the molecule is CCNc1nc(NCc2ccc(Cl)s2)nc(N(C)C)n1. The quantitative estimate of drug-likeness (QED) is 0.855. The normalized spacial score (nSPS) is 10.4. The van der Waals surface area contributed by atoms with Crippen LogP contribution in [-0.2, 0) is 6.54 Å². The molecule has 2 rings (SSSR count). The van der Waals surface area contributed by atoms with Crippen LogP contribution in [0.3, 0.4) is 0 Å². The van der Waals surface area contributed by atoms with Crippen LogP contribution in [0.4, 0.5) is 17.8 Å². The van der Waals surface area contributed by atoms with Gasteiger partial charge in [0.05, 0.1) is 10.9 Å². The molecule has 6 nitrogen and oxygen atoms in total. The Kier molecular flexibility index (Phi) is 4.97. The first-order chi connectivity index (χ1) is 9.58. The zero-order valence-corrected chi connectivity index (χ0v) is 13.2.